The first-order valence-corrected chi connectivity index (χ1v) is 8.11. The molecular formula is C18H27NO3. The minimum absolute atomic E-state index is 0.00679. The number of para-hydroxylation sites is 1. The van der Waals surface area contributed by atoms with Crippen molar-refractivity contribution in [1.29, 1.82) is 0 Å². The Kier molecular flexibility index (Phi) is 6.25. The van der Waals surface area contributed by atoms with Crippen molar-refractivity contribution in [1.82, 2.24) is 5.32 Å². The number of benzene rings is 1. The number of carbonyl (C=O) groups is 1. The summed E-state index contributed by atoms with van der Waals surface area (Å²) in [5, 5.41) is 3.21. The summed E-state index contributed by atoms with van der Waals surface area (Å²) in [6, 6.07) is 8.09. The first-order chi connectivity index (χ1) is 10.6. The molecule has 0 bridgehead atoms. The van der Waals surface area contributed by atoms with Crippen LogP contribution in [0, 0.1) is 11.8 Å². The van der Waals surface area contributed by atoms with E-state index in [9.17, 15) is 4.79 Å². The lowest BCUT2D eigenvalue weighted by molar-refractivity contribution is -0.130. The van der Waals surface area contributed by atoms with Crippen LogP contribution in [0.4, 0.5) is 0 Å². The molecule has 1 aliphatic rings. The zero-order valence-electron chi connectivity index (χ0n) is 13.8. The van der Waals surface area contributed by atoms with Crippen LogP contribution in [0.1, 0.15) is 32.3 Å². The average Bonchev–Trinajstić information content (AvgIpc) is 2.55. The molecule has 22 heavy (non-hydrogen) atoms. The summed E-state index contributed by atoms with van der Waals surface area (Å²) >= 11 is 0. The van der Waals surface area contributed by atoms with Gasteiger partial charge in [-0.05, 0) is 36.8 Å². The molecule has 0 radical (unpaired) electrons. The fourth-order valence-corrected chi connectivity index (χ4v) is 2.81. The first-order valence-electron chi connectivity index (χ1n) is 8.11. The number of carbonyl (C=O) groups excluding carboxylic acids is 1. The van der Waals surface area contributed by atoms with Crippen LogP contribution < -0.4 is 10.1 Å². The van der Waals surface area contributed by atoms with Gasteiger partial charge in [0.05, 0.1) is 19.6 Å². The van der Waals surface area contributed by atoms with Crippen LogP contribution in [-0.2, 0) is 16.0 Å². The molecule has 1 N–H and O–H groups in total. The maximum absolute atomic E-state index is 12.4. The van der Waals surface area contributed by atoms with Crippen molar-refractivity contribution in [2.24, 2.45) is 11.8 Å². The lowest BCUT2D eigenvalue weighted by Gasteiger charge is -2.27. The third kappa shape index (κ3) is 4.47. The Morgan fingerprint density at radius 3 is 2.82 bits per heavy atom. The number of rotatable bonds is 6. The number of hydrogen-bond donors (Lipinski definition) is 1. The van der Waals surface area contributed by atoms with Crippen molar-refractivity contribution in [3.63, 3.8) is 0 Å². The summed E-state index contributed by atoms with van der Waals surface area (Å²) in [4.78, 5) is 12.4. The molecule has 0 aliphatic carbocycles. The van der Waals surface area contributed by atoms with Gasteiger partial charge in [0.1, 0.15) is 5.75 Å². The Labute approximate surface area is 133 Å². The van der Waals surface area contributed by atoms with Crippen LogP contribution in [0.5, 0.6) is 5.75 Å². The molecule has 0 aromatic heterocycles. The largest absolute Gasteiger partial charge is 0.496 e. The molecule has 1 amide bonds. The Hall–Kier alpha value is -1.55. The van der Waals surface area contributed by atoms with E-state index in [1.165, 1.54) is 0 Å². The number of amides is 1. The van der Waals surface area contributed by atoms with Crippen LogP contribution in [-0.4, -0.2) is 32.3 Å². The summed E-state index contributed by atoms with van der Waals surface area (Å²) < 4.78 is 10.8. The highest BCUT2D eigenvalue weighted by Gasteiger charge is 2.25. The first kappa shape index (κ1) is 16.8. The van der Waals surface area contributed by atoms with E-state index < -0.39 is 0 Å². The standard InChI is InChI=1S/C18H27NO3/c1-13(2)16(11-14-7-4-5-9-17(14)21-3)19-18(20)15-8-6-10-22-12-15/h4-5,7,9,13,15-16H,6,8,10-12H2,1-3H3,(H,19,20)/t15-,16+/m0/s1. The highest BCUT2D eigenvalue weighted by molar-refractivity contribution is 5.79. The molecule has 1 aliphatic heterocycles. The summed E-state index contributed by atoms with van der Waals surface area (Å²) in [6.07, 6.45) is 2.67. The summed E-state index contributed by atoms with van der Waals surface area (Å²) in [5.74, 6) is 1.35. The topological polar surface area (TPSA) is 47.6 Å². The van der Waals surface area contributed by atoms with Crippen LogP contribution in [0.15, 0.2) is 24.3 Å². The van der Waals surface area contributed by atoms with Crippen molar-refractivity contribution in [3.8, 4) is 5.75 Å². The van der Waals surface area contributed by atoms with E-state index in [-0.39, 0.29) is 17.9 Å². The van der Waals surface area contributed by atoms with Gasteiger partial charge < -0.3 is 14.8 Å². The molecule has 1 aromatic rings. The molecule has 1 aromatic carbocycles. The highest BCUT2D eigenvalue weighted by atomic mass is 16.5. The molecular weight excluding hydrogens is 278 g/mol. The lowest BCUT2D eigenvalue weighted by atomic mass is 9.94. The molecule has 0 saturated carbocycles. The highest BCUT2D eigenvalue weighted by Crippen LogP contribution is 2.22. The predicted octanol–water partition coefficient (Wildman–Crippen LogP) is 2.81. The molecule has 1 fully saturated rings. The molecule has 1 saturated heterocycles. The third-order valence-corrected chi connectivity index (χ3v) is 4.30. The molecule has 122 valence electrons. The second-order valence-corrected chi connectivity index (χ2v) is 6.29. The second-order valence-electron chi connectivity index (χ2n) is 6.29. The molecule has 2 rings (SSSR count). The minimum Gasteiger partial charge on any atom is -0.496 e. The minimum atomic E-state index is -0.00679. The van der Waals surface area contributed by atoms with E-state index in [1.54, 1.807) is 7.11 Å². The van der Waals surface area contributed by atoms with Gasteiger partial charge in [-0.2, -0.15) is 0 Å². The maximum Gasteiger partial charge on any atom is 0.225 e. The van der Waals surface area contributed by atoms with E-state index >= 15 is 0 Å². The van der Waals surface area contributed by atoms with Gasteiger partial charge in [-0.25, -0.2) is 0 Å². The maximum atomic E-state index is 12.4. The Morgan fingerprint density at radius 2 is 2.18 bits per heavy atom. The zero-order valence-corrected chi connectivity index (χ0v) is 13.8. The summed E-state index contributed by atoms with van der Waals surface area (Å²) in [7, 11) is 1.68. The van der Waals surface area contributed by atoms with Gasteiger partial charge in [0.15, 0.2) is 0 Å². The Balaban J connectivity index is 2.01. The molecule has 2 atom stereocenters. The van der Waals surface area contributed by atoms with Gasteiger partial charge in [-0.15, -0.1) is 0 Å². The van der Waals surface area contributed by atoms with Crippen molar-refractivity contribution in [2.45, 2.75) is 39.2 Å². The summed E-state index contributed by atoms with van der Waals surface area (Å²) in [5.41, 5.74) is 1.13. The van der Waals surface area contributed by atoms with E-state index in [0.29, 0.717) is 12.5 Å². The van der Waals surface area contributed by atoms with E-state index in [2.05, 4.69) is 25.2 Å². The summed E-state index contributed by atoms with van der Waals surface area (Å²) in [6.45, 7) is 5.60. The van der Waals surface area contributed by atoms with Gasteiger partial charge in [0, 0.05) is 12.6 Å². The quantitative estimate of drug-likeness (QED) is 0.879. The van der Waals surface area contributed by atoms with Crippen molar-refractivity contribution in [3.05, 3.63) is 29.8 Å². The van der Waals surface area contributed by atoms with Crippen LogP contribution in [0.25, 0.3) is 0 Å². The van der Waals surface area contributed by atoms with E-state index in [0.717, 1.165) is 37.2 Å². The zero-order chi connectivity index (χ0) is 15.9. The smallest absolute Gasteiger partial charge is 0.225 e. The third-order valence-electron chi connectivity index (χ3n) is 4.30. The monoisotopic (exact) mass is 305 g/mol. The van der Waals surface area contributed by atoms with Gasteiger partial charge in [-0.1, -0.05) is 32.0 Å². The molecule has 1 heterocycles. The van der Waals surface area contributed by atoms with E-state index in [1.807, 2.05) is 18.2 Å². The second kappa shape index (κ2) is 8.18. The lowest BCUT2D eigenvalue weighted by Crippen LogP contribution is -2.45. The molecule has 4 heteroatoms. The number of ether oxygens (including phenoxy) is 2. The van der Waals surface area contributed by atoms with Crippen molar-refractivity contribution < 1.29 is 14.3 Å². The number of methoxy groups -OCH3 is 1. The predicted molar refractivity (Wildman–Crippen MR) is 87.0 cm³/mol. The van der Waals surface area contributed by atoms with Crippen molar-refractivity contribution >= 4 is 5.91 Å². The van der Waals surface area contributed by atoms with Crippen LogP contribution in [0.2, 0.25) is 0 Å². The molecule has 0 unspecified atom stereocenters. The number of hydrogen-bond acceptors (Lipinski definition) is 3. The van der Waals surface area contributed by atoms with Crippen molar-refractivity contribution in [2.75, 3.05) is 20.3 Å². The average molecular weight is 305 g/mol. The SMILES string of the molecule is COc1ccccc1C[C@@H](NC(=O)[C@H]1CCCOC1)C(C)C. The van der Waals surface area contributed by atoms with Gasteiger partial charge in [0.25, 0.3) is 0 Å². The van der Waals surface area contributed by atoms with Gasteiger partial charge >= 0.3 is 0 Å². The Morgan fingerprint density at radius 1 is 1.41 bits per heavy atom. The van der Waals surface area contributed by atoms with E-state index in [4.69, 9.17) is 9.47 Å². The number of nitrogens with one attached hydrogen (secondary N) is 1. The molecule has 4 nitrogen and oxygen atoms in total. The normalized spacial score (nSPS) is 19.7. The fourth-order valence-electron chi connectivity index (χ4n) is 2.81. The van der Waals surface area contributed by atoms with Gasteiger partial charge in [0.2, 0.25) is 5.91 Å². The van der Waals surface area contributed by atoms with Gasteiger partial charge in [-0.3, -0.25) is 4.79 Å². The van der Waals surface area contributed by atoms with Crippen LogP contribution >= 0.6 is 0 Å². The Bertz CT molecular complexity index is 481. The van der Waals surface area contributed by atoms with Crippen LogP contribution in [0.3, 0.4) is 0 Å². The fraction of sp³-hybridized carbons (Fsp3) is 0.611. The molecule has 0 spiro atoms.